The van der Waals surface area contributed by atoms with Gasteiger partial charge in [0.05, 0.1) is 18.4 Å². The summed E-state index contributed by atoms with van der Waals surface area (Å²) in [6, 6.07) is 15.2. The van der Waals surface area contributed by atoms with E-state index in [1.807, 2.05) is 0 Å². The number of hydrogen-bond donors (Lipinski definition) is 2. The average molecular weight is 514 g/mol. The molecule has 3 aromatic rings. The maximum atomic E-state index is 13.1. The fraction of sp³-hybridized carbons (Fsp3) is 0.296. The number of likely N-dealkylation sites (tertiary alicyclic amines) is 1. The Morgan fingerprint density at radius 3 is 2.19 bits per heavy atom. The highest BCUT2D eigenvalue weighted by molar-refractivity contribution is 5.97. The van der Waals surface area contributed by atoms with Gasteiger partial charge in [-0.25, -0.2) is 0 Å². The maximum Gasteiger partial charge on any atom is 0.416 e. The van der Waals surface area contributed by atoms with Gasteiger partial charge in [0, 0.05) is 24.2 Å². The normalized spacial score (nSPS) is 15.2. The Labute approximate surface area is 211 Å². The lowest BCUT2D eigenvalue weighted by molar-refractivity contribution is -0.137. The van der Waals surface area contributed by atoms with Gasteiger partial charge in [0.15, 0.2) is 0 Å². The van der Waals surface area contributed by atoms with Gasteiger partial charge in [0.25, 0.3) is 11.8 Å². The van der Waals surface area contributed by atoms with E-state index in [-0.39, 0.29) is 35.7 Å². The SMILES string of the molecule is O=C(N[C@H](C(=O)NCc1ccco1)C1CCN(C(=O)c2ccc(C(F)(F)F)cc2)CC1)c1ccccc1. The third-order valence-corrected chi connectivity index (χ3v) is 6.38. The summed E-state index contributed by atoms with van der Waals surface area (Å²) in [7, 11) is 0. The van der Waals surface area contributed by atoms with Gasteiger partial charge in [0.1, 0.15) is 11.8 Å². The molecule has 1 fully saturated rings. The van der Waals surface area contributed by atoms with E-state index < -0.39 is 17.8 Å². The first-order valence-electron chi connectivity index (χ1n) is 11.8. The molecule has 3 amide bonds. The molecule has 2 N–H and O–H groups in total. The molecule has 1 aliphatic heterocycles. The molecule has 1 aromatic heterocycles. The largest absolute Gasteiger partial charge is 0.467 e. The minimum absolute atomic E-state index is 0.162. The standard InChI is InChI=1S/C27H26F3N3O4/c28-27(29,30)21-10-8-20(9-11-21)26(36)33-14-12-18(13-15-33)23(25(35)31-17-22-7-4-16-37-22)32-24(34)19-5-2-1-3-6-19/h1-11,16,18,23H,12-15,17H2,(H,31,35)(H,32,34)/t23-/m0/s1. The Kier molecular flexibility index (Phi) is 7.95. The van der Waals surface area contributed by atoms with Crippen LogP contribution in [0.1, 0.15) is 44.9 Å². The highest BCUT2D eigenvalue weighted by atomic mass is 19.4. The molecule has 0 radical (unpaired) electrons. The number of carbonyl (C=O) groups is 3. The molecule has 0 spiro atoms. The topological polar surface area (TPSA) is 91.7 Å². The molecule has 0 aliphatic carbocycles. The lowest BCUT2D eigenvalue weighted by Gasteiger charge is -2.36. The second-order valence-corrected chi connectivity index (χ2v) is 8.82. The summed E-state index contributed by atoms with van der Waals surface area (Å²) in [4.78, 5) is 40.4. The molecule has 37 heavy (non-hydrogen) atoms. The van der Waals surface area contributed by atoms with Crippen LogP contribution < -0.4 is 10.6 Å². The summed E-state index contributed by atoms with van der Waals surface area (Å²) >= 11 is 0. The fourth-order valence-corrected chi connectivity index (χ4v) is 4.33. The van der Waals surface area contributed by atoms with Gasteiger partial charge in [-0.3, -0.25) is 14.4 Å². The summed E-state index contributed by atoms with van der Waals surface area (Å²) in [5.41, 5.74) is -0.238. The Bertz CT molecular complexity index is 1200. The van der Waals surface area contributed by atoms with Crippen molar-refractivity contribution in [2.24, 2.45) is 5.92 Å². The lowest BCUT2D eigenvalue weighted by Crippen LogP contribution is -2.53. The summed E-state index contributed by atoms with van der Waals surface area (Å²) < 4.78 is 43.7. The van der Waals surface area contributed by atoms with Crippen LogP contribution in [0.4, 0.5) is 13.2 Å². The van der Waals surface area contributed by atoms with Crippen molar-refractivity contribution in [3.63, 3.8) is 0 Å². The number of alkyl halides is 3. The van der Waals surface area contributed by atoms with Crippen molar-refractivity contribution < 1.29 is 32.0 Å². The summed E-state index contributed by atoms with van der Waals surface area (Å²) in [6.45, 7) is 0.760. The van der Waals surface area contributed by atoms with Gasteiger partial charge in [-0.05, 0) is 67.3 Å². The van der Waals surface area contributed by atoms with Gasteiger partial charge < -0.3 is 20.0 Å². The third kappa shape index (κ3) is 6.58. The molecule has 194 valence electrons. The van der Waals surface area contributed by atoms with Gasteiger partial charge in [-0.2, -0.15) is 13.2 Å². The third-order valence-electron chi connectivity index (χ3n) is 6.38. The molecule has 0 saturated carbocycles. The average Bonchev–Trinajstić information content (AvgIpc) is 3.44. The number of benzene rings is 2. The van der Waals surface area contributed by atoms with E-state index in [1.165, 1.54) is 18.4 Å². The second-order valence-electron chi connectivity index (χ2n) is 8.82. The Morgan fingerprint density at radius 2 is 1.59 bits per heavy atom. The van der Waals surface area contributed by atoms with Crippen LogP contribution in [0.5, 0.6) is 0 Å². The van der Waals surface area contributed by atoms with E-state index >= 15 is 0 Å². The number of nitrogens with one attached hydrogen (secondary N) is 2. The molecule has 10 heteroatoms. The predicted octanol–water partition coefficient (Wildman–Crippen LogP) is 4.27. The highest BCUT2D eigenvalue weighted by Gasteiger charge is 2.35. The maximum absolute atomic E-state index is 13.1. The number of carbonyl (C=O) groups excluding carboxylic acids is 3. The predicted molar refractivity (Wildman–Crippen MR) is 128 cm³/mol. The molecule has 0 bridgehead atoms. The number of halogens is 3. The summed E-state index contributed by atoms with van der Waals surface area (Å²) in [6.07, 6.45) is -2.11. The van der Waals surface area contributed by atoms with Crippen molar-refractivity contribution in [3.05, 3.63) is 95.4 Å². The molecule has 0 unspecified atom stereocenters. The number of nitrogens with zero attached hydrogens (tertiary/aromatic N) is 1. The van der Waals surface area contributed by atoms with E-state index in [0.29, 0.717) is 37.3 Å². The van der Waals surface area contributed by atoms with Gasteiger partial charge in [-0.15, -0.1) is 0 Å². The second kappa shape index (κ2) is 11.3. The molecule has 4 rings (SSSR count). The fourth-order valence-electron chi connectivity index (χ4n) is 4.33. The van der Waals surface area contributed by atoms with Crippen molar-refractivity contribution in [1.29, 1.82) is 0 Å². The van der Waals surface area contributed by atoms with Gasteiger partial charge >= 0.3 is 6.18 Å². The van der Waals surface area contributed by atoms with Gasteiger partial charge in [0.2, 0.25) is 5.91 Å². The van der Waals surface area contributed by atoms with E-state index in [4.69, 9.17) is 4.42 Å². The van der Waals surface area contributed by atoms with E-state index in [2.05, 4.69) is 10.6 Å². The number of amides is 3. The summed E-state index contributed by atoms with van der Waals surface area (Å²) in [5, 5.41) is 5.63. The van der Waals surface area contributed by atoms with Crippen LogP contribution in [0.3, 0.4) is 0 Å². The first-order valence-corrected chi connectivity index (χ1v) is 11.8. The number of furan rings is 1. The van der Waals surface area contributed by atoms with Crippen molar-refractivity contribution in [3.8, 4) is 0 Å². The zero-order valence-electron chi connectivity index (χ0n) is 19.8. The van der Waals surface area contributed by atoms with Crippen LogP contribution in [0.2, 0.25) is 0 Å². The molecule has 1 saturated heterocycles. The number of rotatable bonds is 7. The van der Waals surface area contributed by atoms with Crippen LogP contribution in [-0.2, 0) is 17.5 Å². The van der Waals surface area contributed by atoms with E-state index in [0.717, 1.165) is 12.1 Å². The molecule has 2 heterocycles. The van der Waals surface area contributed by atoms with Crippen molar-refractivity contribution in [2.45, 2.75) is 31.6 Å². The Morgan fingerprint density at radius 1 is 0.919 bits per heavy atom. The Balaban J connectivity index is 1.41. The van der Waals surface area contributed by atoms with E-state index in [1.54, 1.807) is 47.4 Å². The molecule has 1 atom stereocenters. The molecule has 7 nitrogen and oxygen atoms in total. The van der Waals surface area contributed by atoms with Gasteiger partial charge in [-0.1, -0.05) is 18.2 Å². The Hall–Kier alpha value is -4.08. The van der Waals surface area contributed by atoms with Crippen molar-refractivity contribution >= 4 is 17.7 Å². The van der Waals surface area contributed by atoms with Crippen LogP contribution in [-0.4, -0.2) is 41.8 Å². The molecule has 1 aliphatic rings. The zero-order valence-corrected chi connectivity index (χ0v) is 19.8. The van der Waals surface area contributed by atoms with E-state index in [9.17, 15) is 27.6 Å². The quantitative estimate of drug-likeness (QED) is 0.494. The van der Waals surface area contributed by atoms with Crippen LogP contribution in [0.15, 0.2) is 77.4 Å². The molecule has 2 aromatic carbocycles. The minimum Gasteiger partial charge on any atom is -0.467 e. The first kappa shape index (κ1) is 26.0. The molecular formula is C27H26F3N3O4. The number of hydrogen-bond acceptors (Lipinski definition) is 4. The van der Waals surface area contributed by atoms with Crippen molar-refractivity contribution in [1.82, 2.24) is 15.5 Å². The molecular weight excluding hydrogens is 487 g/mol. The summed E-state index contributed by atoms with van der Waals surface area (Å²) in [5.74, 6) is -0.811. The smallest absolute Gasteiger partial charge is 0.416 e. The minimum atomic E-state index is -4.48. The number of piperidine rings is 1. The lowest BCUT2D eigenvalue weighted by atomic mass is 9.88. The highest BCUT2D eigenvalue weighted by Crippen LogP contribution is 2.29. The monoisotopic (exact) mass is 513 g/mol. The van der Waals surface area contributed by atoms with Crippen LogP contribution in [0, 0.1) is 5.92 Å². The van der Waals surface area contributed by atoms with Crippen LogP contribution >= 0.6 is 0 Å². The first-order chi connectivity index (χ1) is 17.7. The van der Waals surface area contributed by atoms with Crippen molar-refractivity contribution in [2.75, 3.05) is 13.1 Å². The van der Waals surface area contributed by atoms with Crippen LogP contribution in [0.25, 0.3) is 0 Å². The zero-order chi connectivity index (χ0) is 26.4.